The van der Waals surface area contributed by atoms with Crippen molar-refractivity contribution in [2.24, 2.45) is 0 Å². The van der Waals surface area contributed by atoms with Gasteiger partial charge in [0.05, 0.1) is 19.4 Å². The maximum absolute atomic E-state index is 13.8. The van der Waals surface area contributed by atoms with Gasteiger partial charge in [-0.3, -0.25) is 4.79 Å². The van der Waals surface area contributed by atoms with E-state index in [1.807, 2.05) is 36.2 Å². The number of nitrogens with zero attached hydrogens (tertiary/aromatic N) is 5. The molecule has 5 rings (SSSR count). The fourth-order valence-electron chi connectivity index (χ4n) is 5.15. The number of benzene rings is 2. The highest BCUT2D eigenvalue weighted by Gasteiger charge is 2.35. The van der Waals surface area contributed by atoms with Crippen molar-refractivity contribution in [3.63, 3.8) is 0 Å². The number of carbonyl (C=O) groups is 1. The summed E-state index contributed by atoms with van der Waals surface area (Å²) < 4.78 is 37.6. The van der Waals surface area contributed by atoms with E-state index in [9.17, 15) is 13.2 Å². The quantitative estimate of drug-likeness (QED) is 0.279. The number of fused-ring (bicyclic) bond motifs is 1. The Balaban J connectivity index is 1.33. The van der Waals surface area contributed by atoms with E-state index in [0.29, 0.717) is 43.3 Å². The first-order valence-corrected chi connectivity index (χ1v) is 15.0. The van der Waals surface area contributed by atoms with Crippen LogP contribution in [0.5, 0.6) is 5.75 Å². The summed E-state index contributed by atoms with van der Waals surface area (Å²) in [7, 11) is -0.0826. The van der Waals surface area contributed by atoms with E-state index in [0.717, 1.165) is 37.3 Å². The molecule has 1 amide bonds. The minimum absolute atomic E-state index is 0.0528. The van der Waals surface area contributed by atoms with Crippen LogP contribution in [-0.4, -0.2) is 88.9 Å². The SMILES string of the molecule is COc1ccc(-n2nc(S(C)(=O)=O)c3c2C(=O)N(c2ccc(N(C)COCCN4CCCC4)cc2)CC3)cc1. The molecule has 2 aliphatic rings. The van der Waals surface area contributed by atoms with Crippen molar-refractivity contribution in [1.82, 2.24) is 14.7 Å². The molecule has 11 heteroatoms. The second-order valence-electron chi connectivity index (χ2n) is 10.0. The largest absolute Gasteiger partial charge is 0.497 e. The van der Waals surface area contributed by atoms with Crippen molar-refractivity contribution in [2.45, 2.75) is 24.3 Å². The predicted octanol–water partition coefficient (Wildman–Crippen LogP) is 2.99. The smallest absolute Gasteiger partial charge is 0.277 e. The monoisotopic (exact) mass is 553 g/mol. The van der Waals surface area contributed by atoms with Crippen LogP contribution in [0, 0.1) is 0 Å². The van der Waals surface area contributed by atoms with Gasteiger partial charge in [0, 0.05) is 43.3 Å². The molecule has 0 radical (unpaired) electrons. The second-order valence-corrected chi connectivity index (χ2v) is 12.0. The minimum Gasteiger partial charge on any atom is -0.497 e. The first-order chi connectivity index (χ1) is 18.8. The molecule has 1 saturated heterocycles. The first-order valence-electron chi connectivity index (χ1n) is 13.2. The molecule has 10 nitrogen and oxygen atoms in total. The maximum atomic E-state index is 13.8. The van der Waals surface area contributed by atoms with Crippen LogP contribution < -0.4 is 14.5 Å². The zero-order valence-electron chi connectivity index (χ0n) is 22.7. The Labute approximate surface area is 229 Å². The van der Waals surface area contributed by atoms with Crippen LogP contribution in [0.2, 0.25) is 0 Å². The summed E-state index contributed by atoms with van der Waals surface area (Å²) in [6.07, 6.45) is 4.05. The van der Waals surface area contributed by atoms with E-state index >= 15 is 0 Å². The van der Waals surface area contributed by atoms with Crippen molar-refractivity contribution >= 4 is 27.1 Å². The molecule has 0 atom stereocenters. The van der Waals surface area contributed by atoms with E-state index in [1.165, 1.54) is 17.5 Å². The van der Waals surface area contributed by atoms with E-state index in [2.05, 4.69) is 10.00 Å². The number of methoxy groups -OCH3 is 1. The standard InChI is InChI=1S/C28H35N5O5S/c1-30(20-38-19-18-31-15-4-5-16-31)21-6-8-22(9-7-21)32-17-14-25-26(28(32)34)33(29-27(25)39(3,35)36)23-10-12-24(37-2)13-11-23/h6-13H,4-5,14-20H2,1-3H3. The molecule has 2 aliphatic heterocycles. The number of likely N-dealkylation sites (tertiary alicyclic amines) is 1. The first kappa shape index (κ1) is 27.2. The van der Waals surface area contributed by atoms with Gasteiger partial charge in [-0.05, 0) is 80.9 Å². The van der Waals surface area contributed by atoms with Crippen molar-refractivity contribution in [3.8, 4) is 11.4 Å². The Bertz CT molecular complexity index is 1410. The van der Waals surface area contributed by atoms with Gasteiger partial charge >= 0.3 is 0 Å². The molecule has 2 aromatic carbocycles. The number of aromatic nitrogens is 2. The molecule has 1 fully saturated rings. The number of carbonyl (C=O) groups excluding carboxylic acids is 1. The van der Waals surface area contributed by atoms with Crippen LogP contribution in [0.25, 0.3) is 5.69 Å². The molecular formula is C28H35N5O5S. The molecule has 39 heavy (non-hydrogen) atoms. The average molecular weight is 554 g/mol. The van der Waals surface area contributed by atoms with E-state index in [-0.39, 0.29) is 16.6 Å². The van der Waals surface area contributed by atoms with Gasteiger partial charge in [0.15, 0.2) is 14.9 Å². The molecule has 0 saturated carbocycles. The summed E-state index contributed by atoms with van der Waals surface area (Å²) in [5, 5.41) is 4.33. The Morgan fingerprint density at radius 2 is 1.64 bits per heavy atom. The van der Waals surface area contributed by atoms with E-state index in [4.69, 9.17) is 9.47 Å². The van der Waals surface area contributed by atoms with Crippen LogP contribution in [0.15, 0.2) is 53.6 Å². The van der Waals surface area contributed by atoms with Crippen LogP contribution in [0.3, 0.4) is 0 Å². The van der Waals surface area contributed by atoms with Crippen molar-refractivity contribution in [2.75, 3.05) is 69.7 Å². The molecule has 0 N–H and O–H groups in total. The fraction of sp³-hybridized carbons (Fsp3) is 0.429. The number of ether oxygens (including phenoxy) is 2. The van der Waals surface area contributed by atoms with Gasteiger partial charge in [-0.15, -0.1) is 0 Å². The third kappa shape index (κ3) is 5.80. The topological polar surface area (TPSA) is 97.2 Å². The molecule has 3 aromatic rings. The highest BCUT2D eigenvalue weighted by atomic mass is 32.2. The van der Waals surface area contributed by atoms with Crippen LogP contribution in [-0.2, 0) is 21.0 Å². The number of rotatable bonds is 10. The average Bonchev–Trinajstić information content (AvgIpc) is 3.60. The van der Waals surface area contributed by atoms with Gasteiger partial charge < -0.3 is 24.2 Å². The second kappa shape index (κ2) is 11.4. The third-order valence-electron chi connectivity index (χ3n) is 7.29. The lowest BCUT2D eigenvalue weighted by Crippen LogP contribution is -2.39. The summed E-state index contributed by atoms with van der Waals surface area (Å²) in [5.41, 5.74) is 3.02. The lowest BCUT2D eigenvalue weighted by atomic mass is 10.1. The highest BCUT2D eigenvalue weighted by Crippen LogP contribution is 2.32. The summed E-state index contributed by atoms with van der Waals surface area (Å²) >= 11 is 0. The lowest BCUT2D eigenvalue weighted by molar-refractivity contribution is 0.0973. The summed E-state index contributed by atoms with van der Waals surface area (Å²) in [6.45, 7) is 4.82. The third-order valence-corrected chi connectivity index (χ3v) is 8.32. The maximum Gasteiger partial charge on any atom is 0.277 e. The molecule has 0 aliphatic carbocycles. The van der Waals surface area contributed by atoms with Gasteiger partial charge in [-0.25, -0.2) is 13.1 Å². The van der Waals surface area contributed by atoms with Crippen molar-refractivity contribution in [3.05, 3.63) is 59.8 Å². The molecule has 0 unspecified atom stereocenters. The normalized spacial score (nSPS) is 16.0. The van der Waals surface area contributed by atoms with Crippen molar-refractivity contribution < 1.29 is 22.7 Å². The van der Waals surface area contributed by atoms with Crippen LogP contribution in [0.1, 0.15) is 28.9 Å². The summed E-state index contributed by atoms with van der Waals surface area (Å²) in [5.74, 6) is 0.360. The lowest BCUT2D eigenvalue weighted by Gasteiger charge is -2.28. The zero-order valence-corrected chi connectivity index (χ0v) is 23.5. The predicted molar refractivity (Wildman–Crippen MR) is 150 cm³/mol. The Hall–Kier alpha value is -3.41. The van der Waals surface area contributed by atoms with Gasteiger partial charge in [-0.2, -0.15) is 5.10 Å². The summed E-state index contributed by atoms with van der Waals surface area (Å²) in [4.78, 5) is 19.9. The van der Waals surface area contributed by atoms with Gasteiger partial charge in [0.2, 0.25) is 0 Å². The number of hydrogen-bond donors (Lipinski definition) is 0. The van der Waals surface area contributed by atoms with Gasteiger partial charge in [0.1, 0.15) is 18.2 Å². The summed E-state index contributed by atoms with van der Waals surface area (Å²) in [6, 6.07) is 14.7. The molecular weight excluding hydrogens is 518 g/mol. The number of hydrogen-bond acceptors (Lipinski definition) is 8. The van der Waals surface area contributed by atoms with Crippen LogP contribution in [0.4, 0.5) is 11.4 Å². The van der Waals surface area contributed by atoms with Gasteiger partial charge in [-0.1, -0.05) is 0 Å². The molecule has 3 heterocycles. The number of sulfone groups is 1. The minimum atomic E-state index is -3.63. The molecule has 0 bridgehead atoms. The molecule has 1 aromatic heterocycles. The number of anilines is 2. The van der Waals surface area contributed by atoms with E-state index < -0.39 is 9.84 Å². The molecule has 208 valence electrons. The fourth-order valence-corrected chi connectivity index (χ4v) is 6.02. The highest BCUT2D eigenvalue weighted by molar-refractivity contribution is 7.90. The van der Waals surface area contributed by atoms with Crippen LogP contribution >= 0.6 is 0 Å². The van der Waals surface area contributed by atoms with Gasteiger partial charge in [0.25, 0.3) is 5.91 Å². The zero-order chi connectivity index (χ0) is 27.6. The Morgan fingerprint density at radius 3 is 2.28 bits per heavy atom. The Morgan fingerprint density at radius 1 is 0.974 bits per heavy atom. The van der Waals surface area contributed by atoms with Crippen molar-refractivity contribution in [1.29, 1.82) is 0 Å². The number of amides is 1. The Kier molecular flexibility index (Phi) is 7.92. The molecule has 0 spiro atoms. The van der Waals surface area contributed by atoms with E-state index in [1.54, 1.807) is 36.3 Å².